The molecule has 0 fully saturated rings. The van der Waals surface area contributed by atoms with Gasteiger partial charge in [0, 0.05) is 23.5 Å². The van der Waals surface area contributed by atoms with E-state index in [9.17, 15) is 9.59 Å². The minimum absolute atomic E-state index is 0.575. The van der Waals surface area contributed by atoms with Crippen LogP contribution in [-0.4, -0.2) is 90.5 Å². The maximum Gasteiger partial charge on any atom is 0.217 e. The highest BCUT2D eigenvalue weighted by Gasteiger charge is 2.32. The molecule has 0 bridgehead atoms. The molecule has 0 spiro atoms. The third-order valence-corrected chi connectivity index (χ3v) is 7.83. The van der Waals surface area contributed by atoms with Crippen molar-refractivity contribution in [3.05, 3.63) is 12.1 Å². The molecule has 1 aromatic carbocycles. The molecule has 0 atom stereocenters. The van der Waals surface area contributed by atoms with E-state index in [1.165, 1.54) is 0 Å². The molecule has 0 aromatic heterocycles. The number of rotatable bonds is 12. The van der Waals surface area contributed by atoms with Gasteiger partial charge in [0.25, 0.3) is 0 Å². The Hall–Kier alpha value is -0.906. The standard InChI is InChI=1S/C20H40N2O4Si2/c1-21(2)11-9-13-25-17-15-20(28(7,8)24)18(16-19(17)27(5,6)23)26-14-10-12-22(3)4/h15-16,23-24H,9-14H2,1-8H3. The van der Waals surface area contributed by atoms with Crippen molar-refractivity contribution in [3.8, 4) is 11.5 Å². The normalized spacial score (nSPS) is 12.7. The van der Waals surface area contributed by atoms with Gasteiger partial charge in [0.05, 0.1) is 13.2 Å². The molecule has 0 saturated heterocycles. The average molecular weight is 429 g/mol. The van der Waals surface area contributed by atoms with Crippen molar-refractivity contribution in [2.24, 2.45) is 0 Å². The molecular formula is C20H40N2O4Si2. The van der Waals surface area contributed by atoms with Gasteiger partial charge in [-0.25, -0.2) is 0 Å². The highest BCUT2D eigenvalue weighted by Crippen LogP contribution is 2.21. The van der Waals surface area contributed by atoms with E-state index in [2.05, 4.69) is 9.80 Å². The van der Waals surface area contributed by atoms with Gasteiger partial charge in [-0.05, 0) is 79.4 Å². The predicted octanol–water partition coefficient (Wildman–Crippen LogP) is 1.16. The van der Waals surface area contributed by atoms with Crippen LogP contribution in [0.5, 0.6) is 11.5 Å². The van der Waals surface area contributed by atoms with Gasteiger partial charge in [-0.15, -0.1) is 0 Å². The highest BCUT2D eigenvalue weighted by molar-refractivity contribution is 6.86. The topological polar surface area (TPSA) is 65.4 Å². The van der Waals surface area contributed by atoms with Crippen LogP contribution in [0, 0.1) is 0 Å². The van der Waals surface area contributed by atoms with Crippen LogP contribution < -0.4 is 19.8 Å². The van der Waals surface area contributed by atoms with Crippen LogP contribution >= 0.6 is 0 Å². The molecule has 1 rings (SSSR count). The first-order valence-corrected chi connectivity index (χ1v) is 15.9. The molecule has 0 unspecified atom stereocenters. The fourth-order valence-electron chi connectivity index (χ4n) is 2.88. The summed E-state index contributed by atoms with van der Waals surface area (Å²) in [4.78, 5) is 25.9. The van der Waals surface area contributed by atoms with E-state index in [-0.39, 0.29) is 0 Å². The summed E-state index contributed by atoms with van der Waals surface area (Å²) in [5, 5.41) is 1.64. The fourth-order valence-corrected chi connectivity index (χ4v) is 5.34. The molecule has 0 saturated carbocycles. The molecule has 0 radical (unpaired) electrons. The zero-order valence-electron chi connectivity index (χ0n) is 19.0. The Balaban J connectivity index is 3.14. The highest BCUT2D eigenvalue weighted by atomic mass is 28.4. The summed E-state index contributed by atoms with van der Waals surface area (Å²) in [7, 11) is 2.89. The lowest BCUT2D eigenvalue weighted by Crippen LogP contribution is -2.47. The van der Waals surface area contributed by atoms with Gasteiger partial charge in [-0.1, -0.05) is 0 Å². The molecule has 6 nitrogen and oxygen atoms in total. The van der Waals surface area contributed by atoms with E-state index in [1.54, 1.807) is 0 Å². The van der Waals surface area contributed by atoms with Crippen LogP contribution in [0.15, 0.2) is 12.1 Å². The Morgan fingerprint density at radius 2 is 1.04 bits per heavy atom. The lowest BCUT2D eigenvalue weighted by Gasteiger charge is -2.26. The van der Waals surface area contributed by atoms with Crippen molar-refractivity contribution in [1.29, 1.82) is 0 Å². The van der Waals surface area contributed by atoms with Gasteiger partial charge in [0.15, 0.2) is 0 Å². The van der Waals surface area contributed by atoms with E-state index >= 15 is 0 Å². The quantitative estimate of drug-likeness (QED) is 0.385. The first kappa shape index (κ1) is 25.1. The number of ether oxygens (including phenoxy) is 2. The van der Waals surface area contributed by atoms with Crippen molar-refractivity contribution >= 4 is 27.0 Å². The SMILES string of the molecule is CN(C)CCCOc1cc([Si](C)(C)O)c(OCCCN(C)C)cc1[Si](C)(C)O. The van der Waals surface area contributed by atoms with E-state index in [0.29, 0.717) is 24.7 Å². The van der Waals surface area contributed by atoms with Gasteiger partial charge in [-0.3, -0.25) is 0 Å². The monoisotopic (exact) mass is 428 g/mol. The fraction of sp³-hybridized carbons (Fsp3) is 0.700. The van der Waals surface area contributed by atoms with E-state index in [0.717, 1.165) is 36.3 Å². The molecular weight excluding hydrogens is 388 g/mol. The van der Waals surface area contributed by atoms with Crippen molar-refractivity contribution in [1.82, 2.24) is 9.80 Å². The van der Waals surface area contributed by atoms with Crippen LogP contribution in [0.2, 0.25) is 26.2 Å². The number of hydrogen-bond donors (Lipinski definition) is 2. The third-order valence-electron chi connectivity index (χ3n) is 4.41. The summed E-state index contributed by atoms with van der Waals surface area (Å²) in [6, 6.07) is 3.81. The Labute approximate surface area is 173 Å². The van der Waals surface area contributed by atoms with Crippen LogP contribution in [0.3, 0.4) is 0 Å². The minimum atomic E-state index is -2.63. The zero-order chi connectivity index (χ0) is 21.5. The second-order valence-electron chi connectivity index (χ2n) is 8.97. The third kappa shape index (κ3) is 8.63. The molecule has 162 valence electrons. The number of hydrogen-bond acceptors (Lipinski definition) is 6. The van der Waals surface area contributed by atoms with Gasteiger partial charge in [0.2, 0.25) is 16.6 Å². The summed E-state index contributed by atoms with van der Waals surface area (Å²) in [5.74, 6) is 1.37. The Kier molecular flexibility index (Phi) is 9.65. The Bertz CT molecular complexity index is 558. The van der Waals surface area contributed by atoms with Gasteiger partial charge < -0.3 is 28.9 Å². The second-order valence-corrected chi connectivity index (χ2v) is 16.3. The molecule has 28 heavy (non-hydrogen) atoms. The first-order chi connectivity index (χ1) is 12.8. The Morgan fingerprint density at radius 1 is 0.714 bits per heavy atom. The summed E-state index contributed by atoms with van der Waals surface area (Å²) >= 11 is 0. The molecule has 8 heteroatoms. The van der Waals surface area contributed by atoms with Crippen molar-refractivity contribution in [2.45, 2.75) is 39.0 Å². The smallest absolute Gasteiger partial charge is 0.217 e. The maximum absolute atomic E-state index is 10.8. The minimum Gasteiger partial charge on any atom is -0.494 e. The molecule has 0 aliphatic rings. The zero-order valence-corrected chi connectivity index (χ0v) is 21.0. The summed E-state index contributed by atoms with van der Waals surface area (Å²) in [6.07, 6.45) is 1.80. The number of benzene rings is 1. The lowest BCUT2D eigenvalue weighted by atomic mass is 10.3. The summed E-state index contributed by atoms with van der Waals surface area (Å²) < 4.78 is 12.1. The van der Waals surface area contributed by atoms with Crippen molar-refractivity contribution in [3.63, 3.8) is 0 Å². The van der Waals surface area contributed by atoms with Crippen LogP contribution in [0.1, 0.15) is 12.8 Å². The molecule has 1 aromatic rings. The van der Waals surface area contributed by atoms with E-state index < -0.39 is 16.6 Å². The van der Waals surface area contributed by atoms with Crippen molar-refractivity contribution < 1.29 is 19.1 Å². The van der Waals surface area contributed by atoms with Gasteiger partial charge in [-0.2, -0.15) is 0 Å². The maximum atomic E-state index is 10.8. The van der Waals surface area contributed by atoms with Crippen LogP contribution in [-0.2, 0) is 0 Å². The van der Waals surface area contributed by atoms with Gasteiger partial charge >= 0.3 is 0 Å². The van der Waals surface area contributed by atoms with E-state index in [4.69, 9.17) is 9.47 Å². The summed E-state index contributed by atoms with van der Waals surface area (Å²) in [6.45, 7) is 10.6. The van der Waals surface area contributed by atoms with E-state index in [1.807, 2.05) is 66.5 Å². The molecule has 2 N–H and O–H groups in total. The summed E-state index contributed by atoms with van der Waals surface area (Å²) in [5.41, 5.74) is 0. The van der Waals surface area contributed by atoms with Crippen molar-refractivity contribution in [2.75, 3.05) is 54.5 Å². The predicted molar refractivity (Wildman–Crippen MR) is 122 cm³/mol. The Morgan fingerprint density at radius 3 is 1.29 bits per heavy atom. The molecule has 0 aliphatic heterocycles. The molecule has 0 heterocycles. The largest absolute Gasteiger partial charge is 0.494 e. The van der Waals surface area contributed by atoms with Crippen LogP contribution in [0.4, 0.5) is 0 Å². The number of nitrogens with zero attached hydrogens (tertiary/aromatic N) is 2. The molecule has 0 aliphatic carbocycles. The average Bonchev–Trinajstić information content (AvgIpc) is 2.53. The lowest BCUT2D eigenvalue weighted by molar-refractivity contribution is 0.277. The molecule has 0 amide bonds. The van der Waals surface area contributed by atoms with Gasteiger partial charge in [0.1, 0.15) is 11.5 Å². The second kappa shape index (κ2) is 10.8. The first-order valence-electron chi connectivity index (χ1n) is 10.0. The van der Waals surface area contributed by atoms with Crippen LogP contribution in [0.25, 0.3) is 0 Å².